The highest BCUT2D eigenvalue weighted by atomic mass is 15.4. The van der Waals surface area contributed by atoms with Crippen molar-refractivity contribution >= 4 is 5.69 Å². The van der Waals surface area contributed by atoms with E-state index in [0.717, 1.165) is 13.2 Å². The summed E-state index contributed by atoms with van der Waals surface area (Å²) >= 11 is 0. The Bertz CT molecular complexity index is 563. The van der Waals surface area contributed by atoms with Gasteiger partial charge in [-0.3, -0.25) is 4.90 Å². The molecule has 0 atom stereocenters. The molecule has 128 valence electrons. The van der Waals surface area contributed by atoms with Gasteiger partial charge in [-0.2, -0.15) is 0 Å². The number of nitrogens with zero attached hydrogens (tertiary/aromatic N) is 3. The van der Waals surface area contributed by atoms with Gasteiger partial charge in [0, 0.05) is 38.1 Å². The van der Waals surface area contributed by atoms with Gasteiger partial charge < -0.3 is 9.80 Å². The van der Waals surface area contributed by atoms with Crippen LogP contribution in [0.4, 0.5) is 5.69 Å². The summed E-state index contributed by atoms with van der Waals surface area (Å²) in [7, 11) is 4.17. The topological polar surface area (TPSA) is 9.72 Å². The first kappa shape index (κ1) is 17.9. The first-order chi connectivity index (χ1) is 10.6. The summed E-state index contributed by atoms with van der Waals surface area (Å²) in [6, 6.07) is 9.46. The van der Waals surface area contributed by atoms with E-state index < -0.39 is 0 Å². The van der Waals surface area contributed by atoms with Gasteiger partial charge in [-0.05, 0) is 59.2 Å². The Morgan fingerprint density at radius 2 is 1.70 bits per heavy atom. The first-order valence-electron chi connectivity index (χ1n) is 8.60. The van der Waals surface area contributed by atoms with Gasteiger partial charge in [-0.25, -0.2) is 0 Å². The third-order valence-electron chi connectivity index (χ3n) is 4.90. The van der Waals surface area contributed by atoms with E-state index in [1.807, 2.05) is 0 Å². The molecule has 0 amide bonds. The van der Waals surface area contributed by atoms with Crippen molar-refractivity contribution in [1.29, 1.82) is 0 Å². The van der Waals surface area contributed by atoms with E-state index in [1.54, 1.807) is 0 Å². The molecule has 1 saturated heterocycles. The van der Waals surface area contributed by atoms with Gasteiger partial charge in [0.05, 0.1) is 12.2 Å². The van der Waals surface area contributed by atoms with Crippen LogP contribution < -0.4 is 4.90 Å². The zero-order valence-corrected chi connectivity index (χ0v) is 16.1. The van der Waals surface area contributed by atoms with Crippen LogP contribution in [0.1, 0.15) is 47.1 Å². The predicted molar refractivity (Wildman–Crippen MR) is 101 cm³/mol. The molecule has 23 heavy (non-hydrogen) atoms. The van der Waals surface area contributed by atoms with Crippen LogP contribution in [0.5, 0.6) is 0 Å². The lowest BCUT2D eigenvalue weighted by Gasteiger charge is -2.32. The van der Waals surface area contributed by atoms with Crippen LogP contribution in [0.3, 0.4) is 0 Å². The van der Waals surface area contributed by atoms with Crippen LogP contribution in [0.2, 0.25) is 0 Å². The Morgan fingerprint density at radius 3 is 2.09 bits per heavy atom. The number of benzene rings is 1. The van der Waals surface area contributed by atoms with Crippen LogP contribution in [-0.4, -0.2) is 42.1 Å². The zero-order valence-electron chi connectivity index (χ0n) is 16.1. The summed E-state index contributed by atoms with van der Waals surface area (Å²) in [6.45, 7) is 15.7. The third kappa shape index (κ3) is 3.55. The lowest BCUT2D eigenvalue weighted by atomic mass is 9.95. The van der Waals surface area contributed by atoms with E-state index >= 15 is 0 Å². The molecule has 0 bridgehead atoms. The standard InChI is InChI=1S/C20H33N3/c1-15(2)19-20(5,6)22(14-23(19)16(3)4)13-17-9-11-18(12-10-17)21(7)8/h9-12,16H,13-14H2,1-8H3. The SMILES string of the molecule is CC(C)=C1N(C(C)C)CN(Cc2ccc(N(C)C)cc2)C1(C)C. The summed E-state index contributed by atoms with van der Waals surface area (Å²) < 4.78 is 0. The van der Waals surface area contributed by atoms with E-state index in [-0.39, 0.29) is 5.54 Å². The molecule has 1 aromatic rings. The summed E-state index contributed by atoms with van der Waals surface area (Å²) in [5, 5.41) is 0. The van der Waals surface area contributed by atoms with E-state index in [1.165, 1.54) is 22.5 Å². The number of hydrogen-bond acceptors (Lipinski definition) is 3. The average Bonchev–Trinajstić information content (AvgIpc) is 2.71. The normalized spacial score (nSPS) is 18.0. The Morgan fingerprint density at radius 1 is 1.13 bits per heavy atom. The molecule has 0 aromatic heterocycles. The Hall–Kier alpha value is -1.48. The molecule has 2 rings (SSSR count). The lowest BCUT2D eigenvalue weighted by molar-refractivity contribution is 0.160. The van der Waals surface area contributed by atoms with Gasteiger partial charge in [0.15, 0.2) is 0 Å². The predicted octanol–water partition coefficient (Wildman–Crippen LogP) is 4.31. The zero-order chi connectivity index (χ0) is 17.4. The highest BCUT2D eigenvalue weighted by Gasteiger charge is 2.42. The molecule has 0 unspecified atom stereocenters. The minimum Gasteiger partial charge on any atom is -0.378 e. The van der Waals surface area contributed by atoms with Crippen LogP contribution >= 0.6 is 0 Å². The number of rotatable bonds is 4. The molecule has 0 saturated carbocycles. The number of anilines is 1. The quantitative estimate of drug-likeness (QED) is 0.820. The van der Waals surface area contributed by atoms with Crippen molar-refractivity contribution in [2.45, 2.75) is 59.7 Å². The number of hydrogen-bond donors (Lipinski definition) is 0. The third-order valence-corrected chi connectivity index (χ3v) is 4.90. The van der Waals surface area contributed by atoms with Gasteiger partial charge in [-0.15, -0.1) is 0 Å². The van der Waals surface area contributed by atoms with E-state index in [2.05, 4.69) is 94.6 Å². The van der Waals surface area contributed by atoms with E-state index in [4.69, 9.17) is 0 Å². The van der Waals surface area contributed by atoms with Crippen LogP contribution in [0.25, 0.3) is 0 Å². The van der Waals surface area contributed by atoms with Gasteiger partial charge in [0.1, 0.15) is 0 Å². The molecule has 1 heterocycles. The van der Waals surface area contributed by atoms with Crippen LogP contribution in [0.15, 0.2) is 35.5 Å². The summed E-state index contributed by atoms with van der Waals surface area (Å²) in [5.41, 5.74) is 5.61. The minimum absolute atomic E-state index is 0.0727. The Balaban J connectivity index is 2.24. The first-order valence-corrected chi connectivity index (χ1v) is 8.60. The molecule has 1 fully saturated rings. The molecular formula is C20H33N3. The van der Waals surface area contributed by atoms with Crippen molar-refractivity contribution in [2.75, 3.05) is 25.7 Å². The van der Waals surface area contributed by atoms with E-state index in [9.17, 15) is 0 Å². The fourth-order valence-corrected chi connectivity index (χ4v) is 3.62. The second-order valence-electron chi connectivity index (χ2n) is 7.87. The van der Waals surface area contributed by atoms with Gasteiger partial charge in [0.25, 0.3) is 0 Å². The molecule has 0 N–H and O–H groups in total. The Kier molecular flexibility index (Phi) is 5.10. The van der Waals surface area contributed by atoms with Crippen molar-refractivity contribution in [3.63, 3.8) is 0 Å². The van der Waals surface area contributed by atoms with Gasteiger partial charge >= 0.3 is 0 Å². The fraction of sp³-hybridized carbons (Fsp3) is 0.600. The van der Waals surface area contributed by atoms with Crippen molar-refractivity contribution in [3.05, 3.63) is 41.1 Å². The van der Waals surface area contributed by atoms with Crippen molar-refractivity contribution in [1.82, 2.24) is 9.80 Å². The molecule has 0 aliphatic carbocycles. The van der Waals surface area contributed by atoms with Gasteiger partial charge in [-0.1, -0.05) is 17.7 Å². The highest BCUT2D eigenvalue weighted by Crippen LogP contribution is 2.38. The molecule has 0 radical (unpaired) electrons. The molecule has 1 aliphatic heterocycles. The van der Waals surface area contributed by atoms with Crippen LogP contribution in [-0.2, 0) is 6.54 Å². The summed E-state index contributed by atoms with van der Waals surface area (Å²) in [4.78, 5) is 7.27. The largest absolute Gasteiger partial charge is 0.378 e. The Labute approximate surface area is 142 Å². The van der Waals surface area contributed by atoms with Crippen molar-refractivity contribution in [3.8, 4) is 0 Å². The highest BCUT2D eigenvalue weighted by molar-refractivity contribution is 5.46. The van der Waals surface area contributed by atoms with E-state index in [0.29, 0.717) is 6.04 Å². The maximum Gasteiger partial charge on any atom is 0.0718 e. The molecule has 1 aromatic carbocycles. The maximum atomic E-state index is 2.58. The molecule has 3 heteroatoms. The molecular weight excluding hydrogens is 282 g/mol. The van der Waals surface area contributed by atoms with Crippen molar-refractivity contribution in [2.24, 2.45) is 0 Å². The average molecular weight is 316 g/mol. The van der Waals surface area contributed by atoms with Crippen LogP contribution in [0, 0.1) is 0 Å². The summed E-state index contributed by atoms with van der Waals surface area (Å²) in [5.74, 6) is 0. The molecule has 0 spiro atoms. The van der Waals surface area contributed by atoms with Gasteiger partial charge in [0.2, 0.25) is 0 Å². The summed E-state index contributed by atoms with van der Waals surface area (Å²) in [6.07, 6.45) is 0. The smallest absolute Gasteiger partial charge is 0.0718 e. The van der Waals surface area contributed by atoms with Crippen molar-refractivity contribution < 1.29 is 0 Å². The second-order valence-corrected chi connectivity index (χ2v) is 7.87. The molecule has 3 nitrogen and oxygen atoms in total. The monoisotopic (exact) mass is 315 g/mol. The fourth-order valence-electron chi connectivity index (χ4n) is 3.62. The maximum absolute atomic E-state index is 2.58. The lowest BCUT2D eigenvalue weighted by Crippen LogP contribution is -2.38. The molecule has 1 aliphatic rings. The minimum atomic E-state index is 0.0727. The second kappa shape index (κ2) is 6.56. The number of allylic oxidation sites excluding steroid dienone is 1.